The maximum absolute atomic E-state index is 12.7. The summed E-state index contributed by atoms with van der Waals surface area (Å²) >= 11 is 0. The van der Waals surface area contributed by atoms with Crippen LogP contribution < -0.4 is 5.32 Å². The van der Waals surface area contributed by atoms with E-state index in [1.165, 1.54) is 12.1 Å². The molecule has 0 bridgehead atoms. The fraction of sp³-hybridized carbons (Fsp3) is 0.562. The number of nitrogens with one attached hydrogen (secondary N) is 1. The number of sulfonamides is 1. The van der Waals surface area contributed by atoms with Crippen LogP contribution in [0.2, 0.25) is 0 Å². The Kier molecular flexibility index (Phi) is 6.15. The van der Waals surface area contributed by atoms with E-state index in [0.717, 1.165) is 19.3 Å². The van der Waals surface area contributed by atoms with Gasteiger partial charge >= 0.3 is 0 Å². The van der Waals surface area contributed by atoms with E-state index < -0.39 is 10.0 Å². The maximum Gasteiger partial charge on any atom is 0.251 e. The zero-order chi connectivity index (χ0) is 16.9. The molecular weight excluding hydrogens is 316 g/mol. The second-order valence-electron chi connectivity index (χ2n) is 5.73. The molecule has 0 saturated carbocycles. The van der Waals surface area contributed by atoms with Crippen LogP contribution in [0.5, 0.6) is 0 Å². The van der Waals surface area contributed by atoms with E-state index in [2.05, 4.69) is 5.32 Å². The summed E-state index contributed by atoms with van der Waals surface area (Å²) in [6, 6.07) is 6.11. The van der Waals surface area contributed by atoms with Crippen molar-refractivity contribution in [2.24, 2.45) is 0 Å². The number of piperidine rings is 1. The molecule has 1 atom stereocenters. The Hall–Kier alpha value is -1.44. The van der Waals surface area contributed by atoms with Crippen molar-refractivity contribution in [2.75, 3.05) is 26.8 Å². The smallest absolute Gasteiger partial charge is 0.251 e. The number of hydrogen-bond acceptors (Lipinski definition) is 4. The first-order valence-electron chi connectivity index (χ1n) is 7.86. The third-order valence-electron chi connectivity index (χ3n) is 4.06. The highest BCUT2D eigenvalue weighted by molar-refractivity contribution is 7.89. The first kappa shape index (κ1) is 17.9. The Morgan fingerprint density at radius 3 is 2.61 bits per heavy atom. The number of nitrogens with zero attached hydrogens (tertiary/aromatic N) is 1. The van der Waals surface area contributed by atoms with Crippen LogP contribution in [-0.2, 0) is 14.8 Å². The van der Waals surface area contributed by atoms with Crippen LogP contribution >= 0.6 is 0 Å². The summed E-state index contributed by atoms with van der Waals surface area (Å²) in [5.41, 5.74) is 0.437. The van der Waals surface area contributed by atoms with Gasteiger partial charge in [0.2, 0.25) is 10.0 Å². The Morgan fingerprint density at radius 2 is 2.00 bits per heavy atom. The molecule has 1 heterocycles. The molecule has 1 aromatic rings. The maximum atomic E-state index is 12.7. The highest BCUT2D eigenvalue weighted by atomic mass is 32.2. The van der Waals surface area contributed by atoms with Crippen molar-refractivity contribution in [3.63, 3.8) is 0 Å². The third kappa shape index (κ3) is 4.31. The lowest BCUT2D eigenvalue weighted by molar-refractivity contribution is 0.0937. The lowest BCUT2D eigenvalue weighted by Crippen LogP contribution is -2.41. The normalized spacial score (nSPS) is 19.5. The zero-order valence-corrected chi connectivity index (χ0v) is 14.4. The summed E-state index contributed by atoms with van der Waals surface area (Å²) < 4.78 is 31.8. The van der Waals surface area contributed by atoms with Crippen molar-refractivity contribution in [1.82, 2.24) is 9.62 Å². The molecule has 2 rings (SSSR count). The van der Waals surface area contributed by atoms with Gasteiger partial charge in [0, 0.05) is 31.8 Å². The predicted octanol–water partition coefficient (Wildman–Crippen LogP) is 1.63. The van der Waals surface area contributed by atoms with Crippen molar-refractivity contribution in [3.8, 4) is 0 Å². The van der Waals surface area contributed by atoms with Gasteiger partial charge in [0.25, 0.3) is 5.91 Å². The summed E-state index contributed by atoms with van der Waals surface area (Å²) in [5, 5.41) is 2.70. The summed E-state index contributed by atoms with van der Waals surface area (Å²) in [6.45, 7) is 3.35. The number of carbonyl (C=O) groups is 1. The molecule has 1 unspecified atom stereocenters. The van der Waals surface area contributed by atoms with E-state index in [4.69, 9.17) is 4.74 Å². The van der Waals surface area contributed by atoms with E-state index in [1.807, 2.05) is 6.92 Å². The largest absolute Gasteiger partial charge is 0.383 e. The summed E-state index contributed by atoms with van der Waals surface area (Å²) in [7, 11) is -1.93. The lowest BCUT2D eigenvalue weighted by atomic mass is 10.1. The topological polar surface area (TPSA) is 75.7 Å². The Labute approximate surface area is 137 Å². The summed E-state index contributed by atoms with van der Waals surface area (Å²) in [4.78, 5) is 12.1. The fourth-order valence-electron chi connectivity index (χ4n) is 2.71. The minimum Gasteiger partial charge on any atom is -0.383 e. The van der Waals surface area contributed by atoms with Gasteiger partial charge in [-0.15, -0.1) is 0 Å². The monoisotopic (exact) mass is 340 g/mol. The highest BCUT2D eigenvalue weighted by Crippen LogP contribution is 2.25. The lowest BCUT2D eigenvalue weighted by Gasteiger charge is -2.32. The molecule has 6 nitrogen and oxygen atoms in total. The van der Waals surface area contributed by atoms with E-state index in [0.29, 0.717) is 25.3 Å². The minimum atomic E-state index is -3.49. The van der Waals surface area contributed by atoms with Crippen LogP contribution in [0.25, 0.3) is 0 Å². The van der Waals surface area contributed by atoms with Gasteiger partial charge in [0.1, 0.15) is 0 Å². The van der Waals surface area contributed by atoms with Gasteiger partial charge < -0.3 is 10.1 Å². The van der Waals surface area contributed by atoms with Crippen LogP contribution in [0.1, 0.15) is 36.5 Å². The van der Waals surface area contributed by atoms with Crippen LogP contribution in [-0.4, -0.2) is 51.5 Å². The molecule has 128 valence electrons. The number of ether oxygens (including phenoxy) is 1. The van der Waals surface area contributed by atoms with Crippen LogP contribution in [0.15, 0.2) is 29.2 Å². The Bertz CT molecular complexity index is 628. The molecular formula is C16H24N2O4S. The third-order valence-corrected chi connectivity index (χ3v) is 6.08. The van der Waals surface area contributed by atoms with Crippen molar-refractivity contribution < 1.29 is 17.9 Å². The molecule has 1 saturated heterocycles. The number of methoxy groups -OCH3 is 1. The summed E-state index contributed by atoms with van der Waals surface area (Å²) in [5.74, 6) is -0.239. The van der Waals surface area contributed by atoms with E-state index in [1.54, 1.807) is 23.5 Å². The molecule has 0 radical (unpaired) electrons. The van der Waals surface area contributed by atoms with Gasteiger partial charge in [-0.2, -0.15) is 4.31 Å². The van der Waals surface area contributed by atoms with E-state index in [9.17, 15) is 13.2 Å². The quantitative estimate of drug-likeness (QED) is 0.799. The van der Waals surface area contributed by atoms with Gasteiger partial charge in [-0.05, 0) is 44.0 Å². The first-order chi connectivity index (χ1) is 11.0. The SMILES string of the molecule is COCCNC(=O)c1ccc(S(=O)(=O)N2CCCCC2C)cc1. The second-order valence-corrected chi connectivity index (χ2v) is 7.62. The van der Waals surface area contributed by atoms with Gasteiger partial charge in [0.05, 0.1) is 11.5 Å². The molecule has 0 spiro atoms. The number of benzene rings is 1. The Morgan fingerprint density at radius 1 is 1.30 bits per heavy atom. The molecule has 1 aromatic carbocycles. The molecule has 0 aromatic heterocycles. The van der Waals surface area contributed by atoms with Crippen LogP contribution in [0.3, 0.4) is 0 Å². The number of carbonyl (C=O) groups excluding carboxylic acids is 1. The van der Waals surface area contributed by atoms with Crippen molar-refractivity contribution in [3.05, 3.63) is 29.8 Å². The average molecular weight is 340 g/mol. The standard InChI is InChI=1S/C16H24N2O4S/c1-13-5-3-4-11-18(13)23(20,21)15-8-6-14(7-9-15)16(19)17-10-12-22-2/h6-9,13H,3-5,10-12H2,1-2H3,(H,17,19). The molecule has 23 heavy (non-hydrogen) atoms. The molecule has 7 heteroatoms. The highest BCUT2D eigenvalue weighted by Gasteiger charge is 2.30. The zero-order valence-electron chi connectivity index (χ0n) is 13.6. The minimum absolute atomic E-state index is 0.0192. The second kappa shape index (κ2) is 7.90. The van der Waals surface area contributed by atoms with Crippen molar-refractivity contribution >= 4 is 15.9 Å². The molecule has 0 aliphatic carbocycles. The van der Waals surface area contributed by atoms with Crippen molar-refractivity contribution in [2.45, 2.75) is 37.1 Å². The average Bonchev–Trinajstić information content (AvgIpc) is 2.55. The number of amides is 1. The molecule has 1 amide bonds. The molecule has 1 aliphatic heterocycles. The first-order valence-corrected chi connectivity index (χ1v) is 9.30. The van der Waals surface area contributed by atoms with Crippen LogP contribution in [0.4, 0.5) is 0 Å². The summed E-state index contributed by atoms with van der Waals surface area (Å²) in [6.07, 6.45) is 2.84. The number of rotatable bonds is 6. The number of hydrogen-bond donors (Lipinski definition) is 1. The van der Waals surface area contributed by atoms with E-state index >= 15 is 0 Å². The molecule has 1 N–H and O–H groups in total. The van der Waals surface area contributed by atoms with Crippen molar-refractivity contribution in [1.29, 1.82) is 0 Å². The predicted molar refractivity (Wildman–Crippen MR) is 87.9 cm³/mol. The van der Waals surface area contributed by atoms with E-state index in [-0.39, 0.29) is 16.8 Å². The van der Waals surface area contributed by atoms with Gasteiger partial charge in [-0.1, -0.05) is 6.42 Å². The molecule has 1 aliphatic rings. The van der Waals surface area contributed by atoms with Crippen LogP contribution in [0, 0.1) is 0 Å². The Balaban J connectivity index is 2.10. The van der Waals surface area contributed by atoms with Gasteiger partial charge in [-0.25, -0.2) is 8.42 Å². The molecule has 1 fully saturated rings. The fourth-order valence-corrected chi connectivity index (χ4v) is 4.41. The van der Waals surface area contributed by atoms with Gasteiger partial charge in [0.15, 0.2) is 0 Å². The van der Waals surface area contributed by atoms with Gasteiger partial charge in [-0.3, -0.25) is 4.79 Å².